The van der Waals surface area contributed by atoms with Gasteiger partial charge in [0.15, 0.2) is 0 Å². The molecule has 0 spiro atoms. The van der Waals surface area contributed by atoms with Crippen LogP contribution in [0.4, 0.5) is 4.79 Å². The van der Waals surface area contributed by atoms with Crippen LogP contribution < -0.4 is 34.7 Å². The van der Waals surface area contributed by atoms with Gasteiger partial charge in [-0.3, -0.25) is 0 Å². The smallest absolute Gasteiger partial charge is 0.565 e. The van der Waals surface area contributed by atoms with Crippen molar-refractivity contribution in [1.29, 1.82) is 0 Å². The minimum absolute atomic E-state index is 0. The molecule has 7 heteroatoms. The number of aliphatic hydroxyl groups is 2. The van der Waals surface area contributed by atoms with E-state index in [0.29, 0.717) is 13.2 Å². The summed E-state index contributed by atoms with van der Waals surface area (Å²) in [6, 6.07) is 0. The molecule has 0 aliphatic carbocycles. The van der Waals surface area contributed by atoms with E-state index in [1.54, 1.807) is 0 Å². The number of hydrogen-bond donors (Lipinski definition) is 3. The largest absolute Gasteiger partial charge is 1.00 e. The van der Waals surface area contributed by atoms with E-state index in [1.165, 1.54) is 0 Å². The van der Waals surface area contributed by atoms with Gasteiger partial charge in [0.2, 0.25) is 6.16 Å². The Morgan fingerprint density at radius 2 is 1.50 bits per heavy atom. The SMILES string of the molecule is O=C([O-])O.OCCOCCO.[Na+]. The van der Waals surface area contributed by atoms with Gasteiger partial charge in [0.1, 0.15) is 0 Å². The molecule has 6 nitrogen and oxygen atoms in total. The van der Waals surface area contributed by atoms with Crippen molar-refractivity contribution in [3.8, 4) is 0 Å². The molecule has 3 N–H and O–H groups in total. The monoisotopic (exact) mass is 190 g/mol. The molecular weight excluding hydrogens is 179 g/mol. The summed E-state index contributed by atoms with van der Waals surface area (Å²) in [6.07, 6.45) is -2.08. The van der Waals surface area contributed by atoms with Crippen LogP contribution in [0, 0.1) is 0 Å². The van der Waals surface area contributed by atoms with Crippen LogP contribution in [0.2, 0.25) is 0 Å². The second-order valence-electron chi connectivity index (χ2n) is 1.33. The van der Waals surface area contributed by atoms with Crippen LogP contribution in [-0.4, -0.2) is 47.9 Å². The van der Waals surface area contributed by atoms with Crippen LogP contribution in [0.5, 0.6) is 0 Å². The molecule has 0 atom stereocenters. The Hall–Kier alpha value is 0.150. The summed E-state index contributed by atoms with van der Waals surface area (Å²) in [7, 11) is 0. The number of aliphatic hydroxyl groups excluding tert-OH is 2. The van der Waals surface area contributed by atoms with E-state index in [2.05, 4.69) is 4.74 Å². The Bertz CT molecular complexity index is 80.0. The third-order valence-corrected chi connectivity index (χ3v) is 0.471. The quantitative estimate of drug-likeness (QED) is 0.302. The van der Waals surface area contributed by atoms with Crippen molar-refractivity contribution < 1.29 is 59.5 Å². The summed E-state index contributed by atoms with van der Waals surface area (Å²) in [5.74, 6) is 0. The molecule has 0 aromatic heterocycles. The van der Waals surface area contributed by atoms with E-state index in [0.717, 1.165) is 0 Å². The first-order valence-corrected chi connectivity index (χ1v) is 2.84. The summed E-state index contributed by atoms with van der Waals surface area (Å²) >= 11 is 0. The van der Waals surface area contributed by atoms with Crippen LogP contribution in [0.1, 0.15) is 0 Å². The molecule has 0 saturated heterocycles. The van der Waals surface area contributed by atoms with E-state index in [4.69, 9.17) is 25.2 Å². The molecule has 0 saturated carbocycles. The topological polar surface area (TPSA) is 110 Å². The first-order valence-electron chi connectivity index (χ1n) is 2.84. The fourth-order valence-corrected chi connectivity index (χ4v) is 0.231. The minimum Gasteiger partial charge on any atom is -0.565 e. The van der Waals surface area contributed by atoms with Gasteiger partial charge in [-0.05, 0) is 0 Å². The molecule has 68 valence electrons. The van der Waals surface area contributed by atoms with E-state index in [1.807, 2.05) is 0 Å². The maximum Gasteiger partial charge on any atom is 1.00 e. The van der Waals surface area contributed by atoms with Gasteiger partial charge in [-0.25, -0.2) is 0 Å². The number of rotatable bonds is 4. The van der Waals surface area contributed by atoms with Gasteiger partial charge in [0.25, 0.3) is 0 Å². The van der Waals surface area contributed by atoms with Crippen molar-refractivity contribution in [3.63, 3.8) is 0 Å². The van der Waals surface area contributed by atoms with Gasteiger partial charge < -0.3 is 30.0 Å². The minimum atomic E-state index is -2.08. The molecule has 0 aliphatic rings. The van der Waals surface area contributed by atoms with Crippen LogP contribution in [-0.2, 0) is 4.74 Å². The van der Waals surface area contributed by atoms with Crippen LogP contribution in [0.3, 0.4) is 0 Å². The van der Waals surface area contributed by atoms with E-state index < -0.39 is 6.16 Å². The Balaban J connectivity index is -0.000000142. The van der Waals surface area contributed by atoms with Crippen LogP contribution in [0.25, 0.3) is 0 Å². The van der Waals surface area contributed by atoms with Crippen LogP contribution >= 0.6 is 0 Å². The molecule has 12 heavy (non-hydrogen) atoms. The zero-order chi connectivity index (χ0) is 9.11. The standard InChI is InChI=1S/C4H10O3.CH2O3.Na/c5-1-3-7-4-2-6;2-1(3)4;/h5-6H,1-4H2;(H2,2,3,4);/q;;+1/p-1. The molecule has 0 fully saturated rings. The van der Waals surface area contributed by atoms with Gasteiger partial charge in [0.05, 0.1) is 26.4 Å². The second kappa shape index (κ2) is 17.3. The molecule has 0 heterocycles. The zero-order valence-corrected chi connectivity index (χ0v) is 8.89. The van der Waals surface area contributed by atoms with Crippen molar-refractivity contribution >= 4 is 6.16 Å². The van der Waals surface area contributed by atoms with Gasteiger partial charge in [0, 0.05) is 0 Å². The second-order valence-corrected chi connectivity index (χ2v) is 1.33. The van der Waals surface area contributed by atoms with Gasteiger partial charge in [-0.2, -0.15) is 0 Å². The Morgan fingerprint density at radius 3 is 1.67 bits per heavy atom. The molecule has 0 bridgehead atoms. The summed E-state index contributed by atoms with van der Waals surface area (Å²) in [5.41, 5.74) is 0. The summed E-state index contributed by atoms with van der Waals surface area (Å²) in [4.78, 5) is 8.44. The van der Waals surface area contributed by atoms with Crippen molar-refractivity contribution in [2.75, 3.05) is 26.4 Å². The Labute approximate surface area is 92.1 Å². The number of carbonyl (C=O) groups is 1. The molecule has 0 aliphatic heterocycles. The van der Waals surface area contributed by atoms with E-state index in [-0.39, 0.29) is 42.8 Å². The zero-order valence-electron chi connectivity index (χ0n) is 6.89. The van der Waals surface area contributed by atoms with E-state index >= 15 is 0 Å². The van der Waals surface area contributed by atoms with Gasteiger partial charge in [-0.1, -0.05) is 0 Å². The maximum absolute atomic E-state index is 8.44. The van der Waals surface area contributed by atoms with Gasteiger partial charge >= 0.3 is 29.6 Å². The predicted molar refractivity (Wildman–Crippen MR) is 33.0 cm³/mol. The van der Waals surface area contributed by atoms with Gasteiger partial charge in [-0.15, -0.1) is 0 Å². The molecule has 0 rings (SSSR count). The first kappa shape index (κ1) is 18.0. The van der Waals surface area contributed by atoms with Crippen molar-refractivity contribution in [2.45, 2.75) is 0 Å². The first-order chi connectivity index (χ1) is 5.15. The fourth-order valence-electron chi connectivity index (χ4n) is 0.231. The average Bonchev–Trinajstić information content (AvgIpc) is 1.88. The third-order valence-electron chi connectivity index (χ3n) is 0.471. The normalized spacial score (nSPS) is 7.50. The predicted octanol–water partition coefficient (Wildman–Crippen LogP) is -5.12. The van der Waals surface area contributed by atoms with Crippen molar-refractivity contribution in [1.82, 2.24) is 0 Å². The molecule has 0 aromatic rings. The Morgan fingerprint density at radius 1 is 1.25 bits per heavy atom. The molecule has 0 aromatic carbocycles. The maximum atomic E-state index is 8.44. The molecular formula is C5H11NaO6. The Kier molecular flexibility index (Phi) is 26.0. The number of carboxylic acid groups (broad SMARTS) is 2. The fraction of sp³-hybridized carbons (Fsp3) is 0.800. The average molecular weight is 190 g/mol. The summed E-state index contributed by atoms with van der Waals surface area (Å²) in [6.45, 7) is 0.696. The van der Waals surface area contributed by atoms with E-state index in [9.17, 15) is 0 Å². The molecule has 0 unspecified atom stereocenters. The molecule has 0 radical (unpaired) electrons. The molecule has 0 amide bonds. The summed E-state index contributed by atoms with van der Waals surface area (Å²) < 4.78 is 4.63. The van der Waals surface area contributed by atoms with Crippen LogP contribution in [0.15, 0.2) is 0 Å². The third kappa shape index (κ3) is 49.3. The number of ether oxygens (including phenoxy) is 1. The number of hydrogen-bond acceptors (Lipinski definition) is 5. The van der Waals surface area contributed by atoms with Crippen molar-refractivity contribution in [3.05, 3.63) is 0 Å². The van der Waals surface area contributed by atoms with Crippen molar-refractivity contribution in [2.24, 2.45) is 0 Å². The summed E-state index contributed by atoms with van der Waals surface area (Å²) in [5, 5.41) is 31.5.